The molecule has 0 aliphatic carbocycles. The Morgan fingerprint density at radius 2 is 2.10 bits per heavy atom. The number of nitrogens with zero attached hydrogens (tertiary/aromatic N) is 1. The van der Waals surface area contributed by atoms with Crippen molar-refractivity contribution in [1.29, 1.82) is 0 Å². The predicted molar refractivity (Wildman–Crippen MR) is 82.6 cm³/mol. The van der Waals surface area contributed by atoms with Gasteiger partial charge in [-0.2, -0.15) is 0 Å². The molecule has 2 rings (SSSR count). The monoisotopic (exact) mass is 356 g/mol. The average molecular weight is 357 g/mol. The van der Waals surface area contributed by atoms with Crippen LogP contribution in [-0.4, -0.2) is 24.4 Å². The van der Waals surface area contributed by atoms with Gasteiger partial charge in [0.15, 0.2) is 0 Å². The lowest BCUT2D eigenvalue weighted by atomic mass is 10.00. The molecule has 0 saturated carbocycles. The smallest absolute Gasteiger partial charge is 0.250 e. The first-order valence-electron chi connectivity index (χ1n) is 6.86. The number of halogens is 2. The van der Waals surface area contributed by atoms with Crippen LogP contribution in [0.3, 0.4) is 0 Å². The van der Waals surface area contributed by atoms with E-state index in [0.717, 1.165) is 0 Å². The minimum atomic E-state index is -0.519. The summed E-state index contributed by atoms with van der Waals surface area (Å²) in [5.41, 5.74) is 1.19. The van der Waals surface area contributed by atoms with Crippen LogP contribution in [0.1, 0.15) is 25.8 Å². The lowest BCUT2D eigenvalue weighted by Crippen LogP contribution is -2.58. The Morgan fingerprint density at radius 3 is 2.71 bits per heavy atom. The number of hydrogen-bond donors (Lipinski definition) is 1. The Hall–Kier alpha value is -1.43. The minimum absolute atomic E-state index is 0.0354. The molecule has 1 aliphatic heterocycles. The van der Waals surface area contributed by atoms with E-state index in [0.29, 0.717) is 23.6 Å². The summed E-state index contributed by atoms with van der Waals surface area (Å²) in [5.74, 6) is -0.436. The molecule has 1 aliphatic rings. The Kier molecular flexibility index (Phi) is 4.66. The van der Waals surface area contributed by atoms with Crippen molar-refractivity contribution in [1.82, 2.24) is 5.32 Å². The molecular formula is C15H18BrFN2O2. The zero-order valence-electron chi connectivity index (χ0n) is 12.2. The van der Waals surface area contributed by atoms with E-state index in [9.17, 15) is 14.0 Å². The lowest BCUT2D eigenvalue weighted by molar-refractivity contribution is -0.131. The van der Waals surface area contributed by atoms with Gasteiger partial charge in [-0.15, -0.1) is 0 Å². The van der Waals surface area contributed by atoms with Crippen molar-refractivity contribution in [2.24, 2.45) is 5.92 Å². The molecule has 2 amide bonds. The van der Waals surface area contributed by atoms with Gasteiger partial charge in [-0.3, -0.25) is 9.59 Å². The van der Waals surface area contributed by atoms with Gasteiger partial charge in [0, 0.05) is 5.69 Å². The maximum Gasteiger partial charge on any atom is 0.250 e. The molecule has 6 heteroatoms. The van der Waals surface area contributed by atoms with Crippen LogP contribution in [0.5, 0.6) is 0 Å². The number of benzene rings is 1. The Balaban J connectivity index is 2.36. The van der Waals surface area contributed by atoms with E-state index < -0.39 is 6.04 Å². The van der Waals surface area contributed by atoms with Crippen molar-refractivity contribution in [2.75, 3.05) is 11.4 Å². The van der Waals surface area contributed by atoms with E-state index >= 15 is 0 Å². The third kappa shape index (κ3) is 3.43. The maximum absolute atomic E-state index is 13.5. The summed E-state index contributed by atoms with van der Waals surface area (Å²) in [6, 6.07) is 2.39. The number of carbonyl (C=O) groups excluding carboxylic acids is 2. The highest BCUT2D eigenvalue weighted by Crippen LogP contribution is 2.29. The van der Waals surface area contributed by atoms with Gasteiger partial charge >= 0.3 is 0 Å². The van der Waals surface area contributed by atoms with E-state index in [1.54, 1.807) is 13.0 Å². The largest absolute Gasteiger partial charge is 0.343 e. The van der Waals surface area contributed by atoms with Gasteiger partial charge in [-0.25, -0.2) is 4.39 Å². The van der Waals surface area contributed by atoms with Gasteiger partial charge in [0.1, 0.15) is 18.4 Å². The van der Waals surface area contributed by atoms with Crippen LogP contribution in [0.15, 0.2) is 16.6 Å². The van der Waals surface area contributed by atoms with Gasteiger partial charge < -0.3 is 10.2 Å². The van der Waals surface area contributed by atoms with Crippen LogP contribution >= 0.6 is 15.9 Å². The number of carbonyl (C=O) groups is 2. The third-order valence-electron chi connectivity index (χ3n) is 3.44. The fourth-order valence-corrected chi connectivity index (χ4v) is 2.80. The summed E-state index contributed by atoms with van der Waals surface area (Å²) in [7, 11) is 0. The Bertz CT molecular complexity index is 589. The molecule has 21 heavy (non-hydrogen) atoms. The molecule has 1 aromatic rings. The SMILES string of the molecule is Cc1cc(F)c(Br)cc1N1CC(=O)NC(CC(C)C)C1=O. The lowest BCUT2D eigenvalue weighted by Gasteiger charge is -2.34. The normalized spacial score (nSPS) is 19.1. The molecule has 114 valence electrons. The zero-order chi connectivity index (χ0) is 15.7. The molecule has 1 N–H and O–H groups in total. The first kappa shape index (κ1) is 15.9. The maximum atomic E-state index is 13.5. The highest BCUT2D eigenvalue weighted by molar-refractivity contribution is 9.10. The number of aryl methyl sites for hydroxylation is 1. The van der Waals surface area contributed by atoms with E-state index in [2.05, 4.69) is 21.2 Å². The third-order valence-corrected chi connectivity index (χ3v) is 4.05. The van der Waals surface area contributed by atoms with Gasteiger partial charge in [-0.1, -0.05) is 13.8 Å². The molecular weight excluding hydrogens is 339 g/mol. The van der Waals surface area contributed by atoms with Crippen LogP contribution in [0.2, 0.25) is 0 Å². The molecule has 0 aromatic heterocycles. The van der Waals surface area contributed by atoms with E-state index in [1.165, 1.54) is 11.0 Å². The van der Waals surface area contributed by atoms with E-state index in [4.69, 9.17) is 0 Å². The van der Waals surface area contributed by atoms with Crippen molar-refractivity contribution < 1.29 is 14.0 Å². The van der Waals surface area contributed by atoms with Gasteiger partial charge in [0.25, 0.3) is 0 Å². The Morgan fingerprint density at radius 1 is 1.43 bits per heavy atom. The standard InChI is InChI=1S/C15H18BrFN2O2/c1-8(2)4-12-15(21)19(7-14(20)18-12)13-6-10(16)11(17)5-9(13)3/h5-6,8,12H,4,7H2,1-3H3,(H,18,20). The van der Waals surface area contributed by atoms with Gasteiger partial charge in [0.2, 0.25) is 11.8 Å². The molecule has 0 radical (unpaired) electrons. The van der Waals surface area contributed by atoms with Crippen molar-refractivity contribution in [3.63, 3.8) is 0 Å². The molecule has 1 aromatic carbocycles. The number of hydrogen-bond acceptors (Lipinski definition) is 2. The molecule has 1 atom stereocenters. The number of nitrogens with one attached hydrogen (secondary N) is 1. The summed E-state index contributed by atoms with van der Waals surface area (Å²) in [4.78, 5) is 25.9. The molecule has 1 fully saturated rings. The summed E-state index contributed by atoms with van der Waals surface area (Å²) in [5, 5.41) is 2.73. The molecule has 4 nitrogen and oxygen atoms in total. The van der Waals surface area contributed by atoms with Crippen LogP contribution in [0.25, 0.3) is 0 Å². The first-order valence-corrected chi connectivity index (χ1v) is 7.65. The topological polar surface area (TPSA) is 49.4 Å². The van der Waals surface area contributed by atoms with E-state index in [-0.39, 0.29) is 28.6 Å². The molecule has 0 spiro atoms. The molecule has 1 unspecified atom stereocenters. The summed E-state index contributed by atoms with van der Waals surface area (Å²) >= 11 is 3.12. The van der Waals surface area contributed by atoms with Crippen LogP contribution in [-0.2, 0) is 9.59 Å². The van der Waals surface area contributed by atoms with Gasteiger partial charge in [-0.05, 0) is 52.9 Å². The average Bonchev–Trinajstić information content (AvgIpc) is 2.37. The van der Waals surface area contributed by atoms with Crippen LogP contribution in [0.4, 0.5) is 10.1 Å². The molecule has 1 saturated heterocycles. The predicted octanol–water partition coefficient (Wildman–Crippen LogP) is 2.77. The molecule has 0 bridgehead atoms. The number of rotatable bonds is 3. The van der Waals surface area contributed by atoms with Crippen molar-refractivity contribution in [3.8, 4) is 0 Å². The first-order chi connectivity index (χ1) is 9.79. The number of piperazine rings is 1. The second-order valence-corrected chi connectivity index (χ2v) is 6.58. The second-order valence-electron chi connectivity index (χ2n) is 5.73. The quantitative estimate of drug-likeness (QED) is 0.905. The van der Waals surface area contributed by atoms with Gasteiger partial charge in [0.05, 0.1) is 4.47 Å². The summed E-state index contributed by atoms with van der Waals surface area (Å²) in [6.45, 7) is 5.69. The van der Waals surface area contributed by atoms with Crippen LogP contribution in [0, 0.1) is 18.7 Å². The summed E-state index contributed by atoms with van der Waals surface area (Å²) in [6.07, 6.45) is 0.586. The fraction of sp³-hybridized carbons (Fsp3) is 0.467. The van der Waals surface area contributed by atoms with Crippen molar-refractivity contribution in [2.45, 2.75) is 33.2 Å². The van der Waals surface area contributed by atoms with E-state index in [1.807, 2.05) is 13.8 Å². The second kappa shape index (κ2) is 6.13. The minimum Gasteiger partial charge on any atom is -0.343 e. The summed E-state index contributed by atoms with van der Waals surface area (Å²) < 4.78 is 13.8. The fourth-order valence-electron chi connectivity index (χ4n) is 2.47. The van der Waals surface area contributed by atoms with Crippen molar-refractivity contribution >= 4 is 33.4 Å². The highest BCUT2D eigenvalue weighted by Gasteiger charge is 2.34. The van der Waals surface area contributed by atoms with Crippen LogP contribution < -0.4 is 10.2 Å². The number of anilines is 1. The van der Waals surface area contributed by atoms with Crippen molar-refractivity contribution in [3.05, 3.63) is 28.0 Å². The highest BCUT2D eigenvalue weighted by atomic mass is 79.9. The zero-order valence-corrected chi connectivity index (χ0v) is 13.8. The Labute approximate surface area is 131 Å². The number of amides is 2. The molecule has 1 heterocycles.